The van der Waals surface area contributed by atoms with Crippen LogP contribution in [0.3, 0.4) is 0 Å². The van der Waals surface area contributed by atoms with Gasteiger partial charge in [0.2, 0.25) is 0 Å². The molecule has 0 saturated heterocycles. The smallest absolute Gasteiger partial charge is 0.330 e. The number of amidine groups is 1. The Morgan fingerprint density at radius 3 is 2.78 bits per heavy atom. The van der Waals surface area contributed by atoms with Gasteiger partial charge < -0.3 is 4.74 Å². The van der Waals surface area contributed by atoms with Gasteiger partial charge in [-0.1, -0.05) is 0 Å². The van der Waals surface area contributed by atoms with Crippen molar-refractivity contribution in [3.8, 4) is 6.07 Å². The molecular formula is C4H5N3O2. The van der Waals surface area contributed by atoms with Crippen molar-refractivity contribution in [2.45, 2.75) is 0 Å². The second kappa shape index (κ2) is 3.43. The van der Waals surface area contributed by atoms with E-state index in [9.17, 15) is 4.79 Å². The first-order valence-corrected chi connectivity index (χ1v) is 2.04. The van der Waals surface area contributed by atoms with E-state index in [-0.39, 0.29) is 0 Å². The lowest BCUT2D eigenvalue weighted by molar-refractivity contribution is -0.114. The topological polar surface area (TPSA) is 86.0 Å². The minimum atomic E-state index is -0.901. The zero-order chi connectivity index (χ0) is 7.28. The van der Waals surface area contributed by atoms with Crippen LogP contribution in [0.2, 0.25) is 0 Å². The van der Waals surface area contributed by atoms with E-state index in [1.807, 2.05) is 5.32 Å². The van der Waals surface area contributed by atoms with Crippen LogP contribution in [0, 0.1) is 16.7 Å². The molecule has 5 nitrogen and oxygen atoms in total. The normalized spacial score (nSPS) is 7.11. The molecule has 0 aromatic heterocycles. The maximum Gasteiger partial charge on any atom is 0.330 e. The van der Waals surface area contributed by atoms with Gasteiger partial charge in [-0.3, -0.25) is 15.5 Å². The molecule has 0 fully saturated rings. The van der Waals surface area contributed by atoms with Crippen LogP contribution >= 0.6 is 0 Å². The predicted molar refractivity (Wildman–Crippen MR) is 28.5 cm³/mol. The highest BCUT2D eigenvalue weighted by molar-refractivity contribution is 6.01. The van der Waals surface area contributed by atoms with Crippen molar-refractivity contribution < 1.29 is 9.53 Å². The average Bonchev–Trinajstić information content (AvgIpc) is 1.87. The number of hydrogen-bond acceptors (Lipinski definition) is 4. The Kier molecular flexibility index (Phi) is 2.84. The summed E-state index contributed by atoms with van der Waals surface area (Å²) in [4.78, 5) is 10.1. The summed E-state index contributed by atoms with van der Waals surface area (Å²) in [7, 11) is 1.22. The molecule has 0 aliphatic rings. The Balaban J connectivity index is 3.64. The molecule has 48 valence electrons. The molecule has 9 heavy (non-hydrogen) atoms. The second-order valence-corrected chi connectivity index (χ2v) is 1.10. The van der Waals surface area contributed by atoms with Crippen LogP contribution in [0.1, 0.15) is 0 Å². The fraction of sp³-hybridized carbons (Fsp3) is 0.250. The van der Waals surface area contributed by atoms with E-state index in [2.05, 4.69) is 4.74 Å². The summed E-state index contributed by atoms with van der Waals surface area (Å²) in [6.45, 7) is 0. The maximum atomic E-state index is 10.1. The van der Waals surface area contributed by atoms with Crippen molar-refractivity contribution in [3.05, 3.63) is 0 Å². The summed E-state index contributed by atoms with van der Waals surface area (Å²) in [6, 6.07) is 0.830. The molecular weight excluding hydrogens is 122 g/mol. The van der Waals surface area contributed by atoms with Gasteiger partial charge in [0.15, 0.2) is 6.07 Å². The maximum absolute atomic E-state index is 10.1. The van der Waals surface area contributed by atoms with E-state index in [1.54, 1.807) is 0 Å². The standard InChI is InChI=1S/C4H5N3O2/c1-9-4(6)7-3(8)2-5/h1H3,(H2,6,7,8). The van der Waals surface area contributed by atoms with Crippen LogP contribution in [0.4, 0.5) is 0 Å². The summed E-state index contributed by atoms with van der Waals surface area (Å²) in [6.07, 6.45) is 0. The molecule has 1 amide bonds. The van der Waals surface area contributed by atoms with Gasteiger partial charge in [0.05, 0.1) is 7.11 Å². The monoisotopic (exact) mass is 127 g/mol. The molecule has 0 aliphatic carbocycles. The molecule has 2 N–H and O–H groups in total. The van der Waals surface area contributed by atoms with Crippen LogP contribution in [-0.2, 0) is 9.53 Å². The zero-order valence-electron chi connectivity index (χ0n) is 4.76. The number of carbonyl (C=O) groups excluding carboxylic acids is 1. The van der Waals surface area contributed by atoms with E-state index in [0.717, 1.165) is 0 Å². The Labute approximate surface area is 51.7 Å². The Bertz CT molecular complexity index is 169. The number of rotatable bonds is 0. The third kappa shape index (κ3) is 3.05. The van der Waals surface area contributed by atoms with Gasteiger partial charge >= 0.3 is 5.91 Å². The Morgan fingerprint density at radius 2 is 2.44 bits per heavy atom. The molecule has 0 heterocycles. The van der Waals surface area contributed by atoms with Crippen molar-refractivity contribution in [1.82, 2.24) is 5.32 Å². The number of nitriles is 1. The SMILES string of the molecule is COC(=N)NC(=O)C#N. The number of nitrogens with one attached hydrogen (secondary N) is 2. The zero-order valence-corrected chi connectivity index (χ0v) is 4.76. The van der Waals surface area contributed by atoms with Gasteiger partial charge in [-0.25, -0.2) is 0 Å². The molecule has 0 saturated carbocycles. The fourth-order valence-electron chi connectivity index (χ4n) is 0.182. The highest BCUT2D eigenvalue weighted by atomic mass is 16.5. The molecule has 0 atom stereocenters. The minimum Gasteiger partial charge on any atom is -0.468 e. The van der Waals surface area contributed by atoms with Gasteiger partial charge in [0.1, 0.15) is 0 Å². The van der Waals surface area contributed by atoms with Crippen molar-refractivity contribution >= 4 is 11.9 Å². The van der Waals surface area contributed by atoms with E-state index in [1.165, 1.54) is 13.2 Å². The van der Waals surface area contributed by atoms with E-state index in [4.69, 9.17) is 10.7 Å². The van der Waals surface area contributed by atoms with Gasteiger partial charge in [-0.05, 0) is 0 Å². The lowest BCUT2D eigenvalue weighted by atomic mass is 10.7. The molecule has 5 heteroatoms. The van der Waals surface area contributed by atoms with E-state index >= 15 is 0 Å². The summed E-state index contributed by atoms with van der Waals surface area (Å²) in [5.41, 5.74) is 0. The molecule has 0 aromatic rings. The highest BCUT2D eigenvalue weighted by Crippen LogP contribution is 1.65. The third-order valence-corrected chi connectivity index (χ3v) is 0.533. The van der Waals surface area contributed by atoms with Crippen LogP contribution < -0.4 is 5.32 Å². The lowest BCUT2D eigenvalue weighted by Crippen LogP contribution is -2.29. The van der Waals surface area contributed by atoms with Crippen LogP contribution in [-0.4, -0.2) is 19.0 Å². The number of carbonyl (C=O) groups is 1. The summed E-state index contributed by atoms with van der Waals surface area (Å²) >= 11 is 0. The molecule has 0 aromatic carbocycles. The Hall–Kier alpha value is -1.57. The molecule has 0 spiro atoms. The second-order valence-electron chi connectivity index (χ2n) is 1.10. The van der Waals surface area contributed by atoms with Crippen LogP contribution in [0.15, 0.2) is 0 Å². The van der Waals surface area contributed by atoms with Crippen molar-refractivity contribution in [2.24, 2.45) is 0 Å². The molecule has 0 aliphatic heterocycles. The van der Waals surface area contributed by atoms with Crippen LogP contribution in [0.5, 0.6) is 0 Å². The molecule has 0 rings (SSSR count). The molecule has 0 bridgehead atoms. The van der Waals surface area contributed by atoms with Crippen LogP contribution in [0.25, 0.3) is 0 Å². The van der Waals surface area contributed by atoms with Gasteiger partial charge in [0, 0.05) is 0 Å². The first kappa shape index (κ1) is 7.43. The quantitative estimate of drug-likeness (QED) is 0.254. The largest absolute Gasteiger partial charge is 0.468 e. The van der Waals surface area contributed by atoms with Crippen molar-refractivity contribution in [1.29, 1.82) is 10.7 Å². The van der Waals surface area contributed by atoms with E-state index in [0.29, 0.717) is 0 Å². The lowest BCUT2D eigenvalue weighted by Gasteiger charge is -1.97. The molecule has 0 radical (unpaired) electrons. The number of methoxy groups -OCH3 is 1. The minimum absolute atomic E-state index is 0.429. The van der Waals surface area contributed by atoms with Gasteiger partial charge in [-0.15, -0.1) is 0 Å². The fourth-order valence-corrected chi connectivity index (χ4v) is 0.182. The van der Waals surface area contributed by atoms with Crippen molar-refractivity contribution in [3.63, 3.8) is 0 Å². The summed E-state index contributed by atoms with van der Waals surface area (Å²) in [5, 5.41) is 16.4. The summed E-state index contributed by atoms with van der Waals surface area (Å²) in [5.74, 6) is -0.901. The number of ether oxygens (including phenoxy) is 1. The molecule has 0 unspecified atom stereocenters. The number of amides is 1. The predicted octanol–water partition coefficient (Wildman–Crippen LogP) is -0.793. The van der Waals surface area contributed by atoms with E-state index < -0.39 is 11.9 Å². The first-order chi connectivity index (χ1) is 4.20. The third-order valence-electron chi connectivity index (χ3n) is 0.533. The highest BCUT2D eigenvalue weighted by Gasteiger charge is 1.99. The summed E-state index contributed by atoms with van der Waals surface area (Å²) < 4.78 is 4.22. The number of hydrogen-bond donors (Lipinski definition) is 2. The average molecular weight is 127 g/mol. The first-order valence-electron chi connectivity index (χ1n) is 2.04. The van der Waals surface area contributed by atoms with Gasteiger partial charge in [-0.2, -0.15) is 5.26 Å². The van der Waals surface area contributed by atoms with Gasteiger partial charge in [0.25, 0.3) is 6.02 Å². The number of nitrogens with zero attached hydrogens (tertiary/aromatic N) is 1. The van der Waals surface area contributed by atoms with Crippen molar-refractivity contribution in [2.75, 3.05) is 7.11 Å². The Morgan fingerprint density at radius 1 is 1.89 bits per heavy atom.